The molecule has 1 heterocycles. The summed E-state index contributed by atoms with van der Waals surface area (Å²) in [6, 6.07) is 5.10. The van der Waals surface area contributed by atoms with Gasteiger partial charge in [-0.3, -0.25) is 0 Å². The molecule has 8 nitrogen and oxygen atoms in total. The number of sulfonamides is 2. The van der Waals surface area contributed by atoms with Gasteiger partial charge in [0.15, 0.2) is 0 Å². The molecule has 1 fully saturated rings. The van der Waals surface area contributed by atoms with Gasteiger partial charge in [0.2, 0.25) is 20.0 Å². The van der Waals surface area contributed by atoms with Crippen LogP contribution in [0.5, 0.6) is 0 Å². The summed E-state index contributed by atoms with van der Waals surface area (Å²) in [5.41, 5.74) is 5.58. The van der Waals surface area contributed by atoms with Crippen molar-refractivity contribution in [3.05, 3.63) is 24.3 Å². The highest BCUT2D eigenvalue weighted by Crippen LogP contribution is 2.19. The Bertz CT molecular complexity index is 739. The Morgan fingerprint density at radius 1 is 1.12 bits per heavy atom. The van der Waals surface area contributed by atoms with E-state index in [0.717, 1.165) is 0 Å². The van der Waals surface area contributed by atoms with Crippen LogP contribution in [0.1, 0.15) is 13.3 Å². The van der Waals surface area contributed by atoms with Crippen molar-refractivity contribution in [2.24, 2.45) is 5.73 Å². The highest BCUT2D eigenvalue weighted by Gasteiger charge is 2.26. The van der Waals surface area contributed by atoms with Gasteiger partial charge in [0.1, 0.15) is 0 Å². The van der Waals surface area contributed by atoms with E-state index in [0.29, 0.717) is 32.7 Å². The molecule has 0 saturated carbocycles. The summed E-state index contributed by atoms with van der Waals surface area (Å²) in [5, 5.41) is 0. The minimum Gasteiger partial charge on any atom is -0.379 e. The van der Waals surface area contributed by atoms with Gasteiger partial charge in [-0.25, -0.2) is 21.6 Å². The normalized spacial score (nSPS) is 18.4. The Morgan fingerprint density at radius 2 is 1.67 bits per heavy atom. The highest BCUT2D eigenvalue weighted by atomic mass is 32.2. The van der Waals surface area contributed by atoms with Crippen LogP contribution in [0.2, 0.25) is 0 Å². The van der Waals surface area contributed by atoms with Crippen LogP contribution in [0.4, 0.5) is 0 Å². The molecule has 1 aromatic rings. The minimum absolute atomic E-state index is 0.0214. The van der Waals surface area contributed by atoms with E-state index in [2.05, 4.69) is 4.72 Å². The standard InChI is InChI=1S/C14H23N3O5S2/c1-12(15)6-7-16-23(18,19)13-2-4-14(5-3-13)24(20,21)17-8-10-22-11-9-17/h2-5,12,16H,6-11,15H2,1H3. The second kappa shape index (κ2) is 7.89. The molecule has 0 spiro atoms. The number of rotatable bonds is 7. The predicted octanol–water partition coefficient (Wildman–Crippen LogP) is -0.277. The zero-order valence-corrected chi connectivity index (χ0v) is 15.1. The van der Waals surface area contributed by atoms with Crippen LogP contribution >= 0.6 is 0 Å². The van der Waals surface area contributed by atoms with E-state index in [4.69, 9.17) is 10.5 Å². The van der Waals surface area contributed by atoms with Crippen LogP contribution in [0.15, 0.2) is 34.1 Å². The second-order valence-corrected chi connectivity index (χ2v) is 9.36. The third-order valence-corrected chi connectivity index (χ3v) is 7.02. The van der Waals surface area contributed by atoms with Gasteiger partial charge in [0.05, 0.1) is 23.0 Å². The lowest BCUT2D eigenvalue weighted by molar-refractivity contribution is 0.0730. The molecular weight excluding hydrogens is 354 g/mol. The highest BCUT2D eigenvalue weighted by molar-refractivity contribution is 7.89. The maximum absolute atomic E-state index is 12.5. The van der Waals surface area contributed by atoms with E-state index in [9.17, 15) is 16.8 Å². The van der Waals surface area contributed by atoms with Gasteiger partial charge in [0.25, 0.3) is 0 Å². The summed E-state index contributed by atoms with van der Waals surface area (Å²) in [4.78, 5) is 0.0898. The number of morpholine rings is 1. The summed E-state index contributed by atoms with van der Waals surface area (Å²) >= 11 is 0. The lowest BCUT2D eigenvalue weighted by atomic mass is 10.3. The molecule has 0 amide bonds. The quantitative estimate of drug-likeness (QED) is 0.675. The first-order chi connectivity index (χ1) is 11.2. The lowest BCUT2D eigenvalue weighted by Gasteiger charge is -2.26. The topological polar surface area (TPSA) is 119 Å². The van der Waals surface area contributed by atoms with Crippen molar-refractivity contribution in [2.45, 2.75) is 29.2 Å². The van der Waals surface area contributed by atoms with Crippen molar-refractivity contribution in [3.63, 3.8) is 0 Å². The van der Waals surface area contributed by atoms with Crippen molar-refractivity contribution in [2.75, 3.05) is 32.8 Å². The molecule has 24 heavy (non-hydrogen) atoms. The maximum Gasteiger partial charge on any atom is 0.243 e. The van der Waals surface area contributed by atoms with Crippen molar-refractivity contribution >= 4 is 20.0 Å². The van der Waals surface area contributed by atoms with Crippen molar-refractivity contribution in [1.82, 2.24) is 9.03 Å². The fourth-order valence-corrected chi connectivity index (χ4v) is 4.69. The molecule has 1 saturated heterocycles. The number of hydrogen-bond acceptors (Lipinski definition) is 6. The number of hydrogen-bond donors (Lipinski definition) is 2. The molecule has 1 aromatic carbocycles. The van der Waals surface area contributed by atoms with Crippen LogP contribution in [0.25, 0.3) is 0 Å². The van der Waals surface area contributed by atoms with E-state index in [1.54, 1.807) is 6.92 Å². The van der Waals surface area contributed by atoms with Gasteiger partial charge >= 0.3 is 0 Å². The van der Waals surface area contributed by atoms with Crippen molar-refractivity contribution < 1.29 is 21.6 Å². The number of ether oxygens (including phenoxy) is 1. The second-order valence-electron chi connectivity index (χ2n) is 5.65. The van der Waals surface area contributed by atoms with Gasteiger partial charge in [0, 0.05) is 25.7 Å². The van der Waals surface area contributed by atoms with Crippen LogP contribution in [0.3, 0.4) is 0 Å². The molecular formula is C14H23N3O5S2. The first kappa shape index (κ1) is 19.3. The summed E-state index contributed by atoms with van der Waals surface area (Å²) in [6.07, 6.45) is 0.517. The van der Waals surface area contributed by atoms with Crippen LogP contribution < -0.4 is 10.5 Å². The average Bonchev–Trinajstić information content (AvgIpc) is 2.55. The largest absolute Gasteiger partial charge is 0.379 e. The smallest absolute Gasteiger partial charge is 0.243 e. The van der Waals surface area contributed by atoms with Gasteiger partial charge in [-0.2, -0.15) is 4.31 Å². The molecule has 0 aliphatic carbocycles. The van der Waals surface area contributed by atoms with Gasteiger partial charge in [-0.1, -0.05) is 0 Å². The van der Waals surface area contributed by atoms with Gasteiger partial charge in [-0.05, 0) is 37.6 Å². The average molecular weight is 377 g/mol. The SMILES string of the molecule is CC(N)CCNS(=O)(=O)c1ccc(S(=O)(=O)N2CCOCC2)cc1. The Hall–Kier alpha value is -1.04. The Kier molecular flexibility index (Phi) is 6.34. The molecule has 2 rings (SSSR count). The maximum atomic E-state index is 12.5. The Morgan fingerprint density at radius 3 is 2.21 bits per heavy atom. The monoisotopic (exact) mass is 377 g/mol. The van der Waals surface area contributed by atoms with E-state index in [1.807, 2.05) is 0 Å². The van der Waals surface area contributed by atoms with Gasteiger partial charge in [-0.15, -0.1) is 0 Å². The zero-order chi connectivity index (χ0) is 17.8. The predicted molar refractivity (Wildman–Crippen MR) is 89.5 cm³/mol. The van der Waals surface area contributed by atoms with Crippen LogP contribution in [0, 0.1) is 0 Å². The Balaban J connectivity index is 2.12. The lowest BCUT2D eigenvalue weighted by Crippen LogP contribution is -2.40. The Labute approximate surface area is 143 Å². The first-order valence-corrected chi connectivity index (χ1v) is 10.6. The molecule has 1 aliphatic rings. The number of nitrogens with one attached hydrogen (secondary N) is 1. The number of nitrogens with zero attached hydrogens (tertiary/aromatic N) is 1. The molecule has 1 atom stereocenters. The van der Waals surface area contributed by atoms with Crippen molar-refractivity contribution in [1.29, 1.82) is 0 Å². The molecule has 10 heteroatoms. The molecule has 1 unspecified atom stereocenters. The molecule has 0 bridgehead atoms. The fraction of sp³-hybridized carbons (Fsp3) is 0.571. The summed E-state index contributed by atoms with van der Waals surface area (Å²) in [7, 11) is -7.31. The fourth-order valence-electron chi connectivity index (χ4n) is 2.23. The summed E-state index contributed by atoms with van der Waals surface area (Å²) < 4.78 is 58.2. The molecule has 0 aromatic heterocycles. The van der Waals surface area contributed by atoms with Gasteiger partial charge < -0.3 is 10.5 Å². The van der Waals surface area contributed by atoms with E-state index in [-0.39, 0.29) is 22.4 Å². The number of nitrogens with two attached hydrogens (primary N) is 1. The van der Waals surface area contributed by atoms with Crippen LogP contribution in [-0.4, -0.2) is 60.0 Å². The molecule has 136 valence electrons. The van der Waals surface area contributed by atoms with Crippen LogP contribution in [-0.2, 0) is 24.8 Å². The molecule has 3 N–H and O–H groups in total. The van der Waals surface area contributed by atoms with E-state index >= 15 is 0 Å². The summed E-state index contributed by atoms with van der Waals surface area (Å²) in [6.45, 7) is 3.32. The third-order valence-electron chi connectivity index (χ3n) is 3.63. The zero-order valence-electron chi connectivity index (χ0n) is 13.5. The van der Waals surface area contributed by atoms with Crippen molar-refractivity contribution in [3.8, 4) is 0 Å². The number of benzene rings is 1. The minimum atomic E-state index is -3.68. The van der Waals surface area contributed by atoms with E-state index in [1.165, 1.54) is 28.6 Å². The molecule has 1 aliphatic heterocycles. The first-order valence-electron chi connectivity index (χ1n) is 7.67. The third kappa shape index (κ3) is 4.74. The van der Waals surface area contributed by atoms with E-state index < -0.39 is 20.0 Å². The summed E-state index contributed by atoms with van der Waals surface area (Å²) in [5.74, 6) is 0. The molecule has 0 radical (unpaired) electrons.